The van der Waals surface area contributed by atoms with E-state index in [2.05, 4.69) is 5.32 Å². The van der Waals surface area contributed by atoms with Crippen LogP contribution in [0.1, 0.15) is 40.7 Å². The van der Waals surface area contributed by atoms with Crippen molar-refractivity contribution in [2.45, 2.75) is 0 Å². The van der Waals surface area contributed by atoms with Crippen LogP contribution in [0, 0.1) is 0 Å². The highest BCUT2D eigenvalue weighted by molar-refractivity contribution is 7.12. The second-order valence-corrected chi connectivity index (χ2v) is 6.75. The first-order valence-corrected chi connectivity index (χ1v) is 9.08. The molecule has 138 valence electrons. The number of nitrogens with zero attached hydrogens (tertiary/aromatic N) is 1. The van der Waals surface area contributed by atoms with Gasteiger partial charge in [0.15, 0.2) is 0 Å². The van der Waals surface area contributed by atoms with E-state index in [1.54, 1.807) is 41.8 Å². The van der Waals surface area contributed by atoms with E-state index in [9.17, 15) is 19.2 Å². The molecule has 0 bridgehead atoms. The van der Waals surface area contributed by atoms with E-state index >= 15 is 0 Å². The molecule has 0 fully saturated rings. The minimum atomic E-state index is -0.934. The average Bonchev–Trinajstić information content (AvgIpc) is 3.33. The quantitative estimate of drug-likeness (QED) is 0.687. The van der Waals surface area contributed by atoms with Crippen molar-refractivity contribution >= 4 is 40.7 Å². The molecule has 1 aliphatic rings. The van der Waals surface area contributed by atoms with Crippen molar-refractivity contribution in [3.8, 4) is 0 Å². The third-order valence-corrected chi connectivity index (χ3v) is 4.94. The maximum absolute atomic E-state index is 12.6. The Morgan fingerprint density at radius 1 is 0.857 bits per heavy atom. The molecule has 0 radical (unpaired) electrons. The number of carbonyl (C=O) groups is 4. The predicted octanol–water partition coefficient (Wildman–Crippen LogP) is 3.37. The summed E-state index contributed by atoms with van der Waals surface area (Å²) in [7, 11) is 0. The standard InChI is InChI=1S/C20H12N2O5S/c23-17(16-10-5-11-28-16)21-15-9-4-3-8-14(15)20(26)27-22-18(24)12-6-1-2-7-13(12)19(22)25/h1-11H,(H,21,23). The summed E-state index contributed by atoms with van der Waals surface area (Å²) in [6.07, 6.45) is 0. The number of rotatable bonds is 4. The summed E-state index contributed by atoms with van der Waals surface area (Å²) in [4.78, 5) is 55.1. The van der Waals surface area contributed by atoms with Crippen LogP contribution in [0.3, 0.4) is 0 Å². The monoisotopic (exact) mass is 392 g/mol. The normalized spacial score (nSPS) is 12.6. The molecular weight excluding hydrogens is 380 g/mol. The van der Waals surface area contributed by atoms with Crippen LogP contribution in [-0.2, 0) is 4.84 Å². The summed E-state index contributed by atoms with van der Waals surface area (Å²) >= 11 is 1.26. The second kappa shape index (κ2) is 7.09. The van der Waals surface area contributed by atoms with Gasteiger partial charge in [0.2, 0.25) is 0 Å². The van der Waals surface area contributed by atoms with Crippen LogP contribution in [0.25, 0.3) is 0 Å². The number of imide groups is 1. The number of hydrogen-bond acceptors (Lipinski definition) is 6. The first-order valence-electron chi connectivity index (χ1n) is 8.20. The Kier molecular flexibility index (Phi) is 4.46. The predicted molar refractivity (Wildman–Crippen MR) is 101 cm³/mol. The van der Waals surface area contributed by atoms with Gasteiger partial charge in [-0.1, -0.05) is 35.4 Å². The largest absolute Gasteiger partial charge is 0.366 e. The van der Waals surface area contributed by atoms with E-state index in [-0.39, 0.29) is 28.3 Å². The first kappa shape index (κ1) is 17.6. The van der Waals surface area contributed by atoms with Crippen LogP contribution < -0.4 is 5.32 Å². The molecule has 7 nitrogen and oxygen atoms in total. The highest BCUT2D eigenvalue weighted by atomic mass is 32.1. The third kappa shape index (κ3) is 3.06. The van der Waals surface area contributed by atoms with Gasteiger partial charge in [0.25, 0.3) is 17.7 Å². The van der Waals surface area contributed by atoms with E-state index in [0.717, 1.165) is 0 Å². The number of hydrogen-bond donors (Lipinski definition) is 1. The molecule has 2 aromatic carbocycles. The molecule has 0 spiro atoms. The summed E-state index contributed by atoms with van der Waals surface area (Å²) in [5.41, 5.74) is 0.561. The maximum Gasteiger partial charge on any atom is 0.366 e. The molecule has 0 atom stereocenters. The van der Waals surface area contributed by atoms with Crippen molar-refractivity contribution in [1.29, 1.82) is 0 Å². The summed E-state index contributed by atoms with van der Waals surface area (Å²) in [5.74, 6) is -2.74. The maximum atomic E-state index is 12.6. The van der Waals surface area contributed by atoms with Gasteiger partial charge in [0.05, 0.1) is 27.3 Å². The van der Waals surface area contributed by atoms with Crippen LogP contribution in [0.2, 0.25) is 0 Å². The lowest BCUT2D eigenvalue weighted by atomic mass is 10.1. The zero-order valence-electron chi connectivity index (χ0n) is 14.2. The van der Waals surface area contributed by atoms with Gasteiger partial charge < -0.3 is 10.2 Å². The molecule has 0 aliphatic carbocycles. The fourth-order valence-electron chi connectivity index (χ4n) is 2.74. The Morgan fingerprint density at radius 2 is 1.50 bits per heavy atom. The van der Waals surface area contributed by atoms with E-state index in [0.29, 0.717) is 9.94 Å². The Hall–Kier alpha value is -3.78. The summed E-state index contributed by atoms with van der Waals surface area (Å²) in [6.45, 7) is 0. The van der Waals surface area contributed by atoms with E-state index < -0.39 is 17.8 Å². The average molecular weight is 392 g/mol. The minimum absolute atomic E-state index is 0.0176. The summed E-state index contributed by atoms with van der Waals surface area (Å²) in [6, 6.07) is 15.8. The molecule has 1 aliphatic heterocycles. The molecule has 0 saturated carbocycles. The minimum Gasteiger partial charge on any atom is -0.324 e. The lowest BCUT2D eigenvalue weighted by Crippen LogP contribution is -2.33. The fraction of sp³-hybridized carbons (Fsp3) is 0. The van der Waals surface area contributed by atoms with E-state index in [4.69, 9.17) is 4.84 Å². The van der Waals surface area contributed by atoms with E-state index in [1.807, 2.05) is 0 Å². The van der Waals surface area contributed by atoms with Crippen molar-refractivity contribution in [3.63, 3.8) is 0 Å². The van der Waals surface area contributed by atoms with Crippen LogP contribution in [0.5, 0.6) is 0 Å². The summed E-state index contributed by atoms with van der Waals surface area (Å²) in [5, 5.41) is 4.84. The van der Waals surface area contributed by atoms with Crippen LogP contribution in [0.15, 0.2) is 66.0 Å². The Morgan fingerprint density at radius 3 is 2.14 bits per heavy atom. The molecule has 1 N–H and O–H groups in total. The molecule has 8 heteroatoms. The Balaban J connectivity index is 1.56. The Bertz CT molecular complexity index is 1070. The second-order valence-electron chi connectivity index (χ2n) is 5.81. The number of carbonyl (C=O) groups excluding carboxylic acids is 4. The van der Waals surface area contributed by atoms with Crippen molar-refractivity contribution < 1.29 is 24.0 Å². The molecule has 3 amide bonds. The Labute approximate surface area is 163 Å². The molecule has 4 rings (SSSR count). The molecular formula is C20H12N2O5S. The third-order valence-electron chi connectivity index (χ3n) is 4.07. The highest BCUT2D eigenvalue weighted by Gasteiger charge is 2.39. The van der Waals surface area contributed by atoms with Crippen LogP contribution >= 0.6 is 11.3 Å². The van der Waals surface area contributed by atoms with Gasteiger partial charge in [-0.15, -0.1) is 11.3 Å². The van der Waals surface area contributed by atoms with Gasteiger partial charge >= 0.3 is 5.97 Å². The van der Waals surface area contributed by atoms with Gasteiger partial charge in [-0.25, -0.2) is 4.79 Å². The number of hydroxylamine groups is 2. The lowest BCUT2D eigenvalue weighted by Gasteiger charge is -2.14. The lowest BCUT2D eigenvalue weighted by molar-refractivity contribution is -0.0583. The molecule has 28 heavy (non-hydrogen) atoms. The zero-order chi connectivity index (χ0) is 19.7. The SMILES string of the molecule is O=C(Nc1ccccc1C(=O)ON1C(=O)c2ccccc2C1=O)c1cccs1. The smallest absolute Gasteiger partial charge is 0.324 e. The number of para-hydroxylation sites is 1. The van der Waals surface area contributed by atoms with Crippen molar-refractivity contribution in [2.24, 2.45) is 0 Å². The molecule has 0 unspecified atom stereocenters. The molecule has 0 saturated heterocycles. The number of fused-ring (bicyclic) bond motifs is 1. The number of benzene rings is 2. The number of thiophene rings is 1. The fourth-order valence-corrected chi connectivity index (χ4v) is 3.36. The zero-order valence-corrected chi connectivity index (χ0v) is 15.1. The molecule has 1 aromatic heterocycles. The number of anilines is 1. The van der Waals surface area contributed by atoms with Gasteiger partial charge in [-0.3, -0.25) is 14.4 Å². The van der Waals surface area contributed by atoms with Crippen LogP contribution in [0.4, 0.5) is 5.69 Å². The molecule has 2 heterocycles. The number of nitrogens with one attached hydrogen (secondary N) is 1. The van der Waals surface area contributed by atoms with E-state index in [1.165, 1.54) is 35.6 Å². The first-order chi connectivity index (χ1) is 13.6. The van der Waals surface area contributed by atoms with Gasteiger partial charge in [0, 0.05) is 0 Å². The van der Waals surface area contributed by atoms with Crippen molar-refractivity contribution in [2.75, 3.05) is 5.32 Å². The van der Waals surface area contributed by atoms with Crippen LogP contribution in [-0.4, -0.2) is 28.8 Å². The number of amides is 3. The highest BCUT2D eigenvalue weighted by Crippen LogP contribution is 2.25. The summed E-state index contributed by atoms with van der Waals surface area (Å²) < 4.78 is 0. The van der Waals surface area contributed by atoms with Gasteiger partial charge in [0.1, 0.15) is 0 Å². The molecule has 3 aromatic rings. The van der Waals surface area contributed by atoms with Crippen molar-refractivity contribution in [3.05, 3.63) is 87.6 Å². The van der Waals surface area contributed by atoms with Gasteiger partial charge in [-0.2, -0.15) is 0 Å². The topological polar surface area (TPSA) is 92.8 Å². The van der Waals surface area contributed by atoms with Gasteiger partial charge in [-0.05, 0) is 35.7 Å². The van der Waals surface area contributed by atoms with Crippen molar-refractivity contribution in [1.82, 2.24) is 5.06 Å².